The summed E-state index contributed by atoms with van der Waals surface area (Å²) in [4.78, 5) is 28.2. The fourth-order valence-corrected chi connectivity index (χ4v) is 3.17. The van der Waals surface area contributed by atoms with E-state index in [1.807, 2.05) is 13.8 Å². The highest BCUT2D eigenvalue weighted by Crippen LogP contribution is 2.38. The lowest BCUT2D eigenvalue weighted by molar-refractivity contribution is -0.128. The summed E-state index contributed by atoms with van der Waals surface area (Å²) in [7, 11) is 4.65. The van der Waals surface area contributed by atoms with Crippen LogP contribution in [0.3, 0.4) is 0 Å². The molecule has 8 heteroatoms. The maximum atomic E-state index is 12.5. The van der Waals surface area contributed by atoms with E-state index in [1.165, 1.54) is 0 Å². The summed E-state index contributed by atoms with van der Waals surface area (Å²) in [6.45, 7) is 6.77. The molecule has 1 aliphatic rings. The number of rotatable bonds is 8. The SMILES string of the molecule is COc1cc(/C=C\C(=O)N2CCN(CC(=O)NC(C)C)CC2)cc(OC)c1OC. The van der Waals surface area contributed by atoms with Gasteiger partial charge in [0.1, 0.15) is 0 Å². The summed E-state index contributed by atoms with van der Waals surface area (Å²) >= 11 is 0. The van der Waals surface area contributed by atoms with Crippen molar-refractivity contribution in [2.45, 2.75) is 19.9 Å². The van der Waals surface area contributed by atoms with Crippen LogP contribution in [-0.2, 0) is 9.59 Å². The van der Waals surface area contributed by atoms with Gasteiger partial charge in [0.15, 0.2) is 11.5 Å². The average Bonchev–Trinajstić information content (AvgIpc) is 2.70. The first kappa shape index (κ1) is 22.5. The van der Waals surface area contributed by atoms with Gasteiger partial charge in [-0.15, -0.1) is 0 Å². The normalized spacial score (nSPS) is 14.9. The molecule has 2 amide bonds. The van der Waals surface area contributed by atoms with Crippen molar-refractivity contribution in [1.82, 2.24) is 15.1 Å². The summed E-state index contributed by atoms with van der Waals surface area (Å²) in [6, 6.07) is 3.71. The van der Waals surface area contributed by atoms with E-state index in [2.05, 4.69) is 10.2 Å². The van der Waals surface area contributed by atoms with E-state index in [0.29, 0.717) is 50.0 Å². The topological polar surface area (TPSA) is 80.3 Å². The lowest BCUT2D eigenvalue weighted by atomic mass is 10.1. The van der Waals surface area contributed by atoms with Crippen LogP contribution in [0.15, 0.2) is 18.2 Å². The highest BCUT2D eigenvalue weighted by atomic mass is 16.5. The highest BCUT2D eigenvalue weighted by molar-refractivity contribution is 5.92. The molecule has 1 aromatic rings. The molecule has 1 aromatic carbocycles. The van der Waals surface area contributed by atoms with Crippen molar-refractivity contribution in [3.63, 3.8) is 0 Å². The zero-order valence-corrected chi connectivity index (χ0v) is 17.9. The fourth-order valence-electron chi connectivity index (χ4n) is 3.17. The van der Waals surface area contributed by atoms with Crippen molar-refractivity contribution in [1.29, 1.82) is 0 Å². The molecule has 0 aliphatic carbocycles. The predicted octanol–water partition coefficient (Wildman–Crippen LogP) is 1.39. The molecule has 0 spiro atoms. The predicted molar refractivity (Wildman–Crippen MR) is 111 cm³/mol. The molecule has 0 bridgehead atoms. The number of methoxy groups -OCH3 is 3. The number of ether oxygens (including phenoxy) is 3. The Labute approximate surface area is 172 Å². The Hall–Kier alpha value is -2.74. The molecular weight excluding hydrogens is 374 g/mol. The van der Waals surface area contributed by atoms with Gasteiger partial charge in [-0.3, -0.25) is 14.5 Å². The minimum Gasteiger partial charge on any atom is -0.493 e. The van der Waals surface area contributed by atoms with E-state index >= 15 is 0 Å². The number of amides is 2. The molecule has 2 rings (SSSR count). The minimum absolute atomic E-state index is 0.0158. The molecule has 1 fully saturated rings. The second kappa shape index (κ2) is 10.7. The van der Waals surface area contributed by atoms with Crippen LogP contribution < -0.4 is 19.5 Å². The van der Waals surface area contributed by atoms with Crippen LogP contribution in [0.1, 0.15) is 19.4 Å². The standard InChI is InChI=1S/C21H31N3O5/c1-15(2)22-19(25)14-23-8-10-24(11-9-23)20(26)7-6-16-12-17(27-3)21(29-5)18(13-16)28-4/h6-7,12-13,15H,8-11,14H2,1-5H3,(H,22,25)/b7-6-. The quantitative estimate of drug-likeness (QED) is 0.659. The summed E-state index contributed by atoms with van der Waals surface area (Å²) in [5.41, 5.74) is 0.775. The van der Waals surface area contributed by atoms with Crippen LogP contribution in [0.25, 0.3) is 6.08 Å². The monoisotopic (exact) mass is 405 g/mol. The third kappa shape index (κ3) is 6.39. The minimum atomic E-state index is -0.0648. The lowest BCUT2D eigenvalue weighted by Crippen LogP contribution is -2.51. The molecule has 0 radical (unpaired) electrons. The number of hydrogen-bond donors (Lipinski definition) is 1. The number of benzene rings is 1. The van der Waals surface area contributed by atoms with Gasteiger partial charge in [0.2, 0.25) is 17.6 Å². The molecule has 1 saturated heterocycles. The third-order valence-corrected chi connectivity index (χ3v) is 4.61. The maximum absolute atomic E-state index is 12.5. The first-order valence-corrected chi connectivity index (χ1v) is 9.66. The number of nitrogens with one attached hydrogen (secondary N) is 1. The maximum Gasteiger partial charge on any atom is 0.246 e. The molecule has 8 nitrogen and oxygen atoms in total. The largest absolute Gasteiger partial charge is 0.493 e. The third-order valence-electron chi connectivity index (χ3n) is 4.61. The van der Waals surface area contributed by atoms with Gasteiger partial charge in [0, 0.05) is 38.3 Å². The number of carbonyl (C=O) groups excluding carboxylic acids is 2. The first-order valence-electron chi connectivity index (χ1n) is 9.66. The van der Waals surface area contributed by atoms with Gasteiger partial charge in [0.05, 0.1) is 27.9 Å². The summed E-state index contributed by atoms with van der Waals surface area (Å²) in [6.07, 6.45) is 3.27. The number of hydrogen-bond acceptors (Lipinski definition) is 6. The molecule has 0 saturated carbocycles. The molecule has 1 N–H and O–H groups in total. The van der Waals surface area contributed by atoms with E-state index in [9.17, 15) is 9.59 Å². The van der Waals surface area contributed by atoms with Crippen molar-refractivity contribution in [2.24, 2.45) is 0 Å². The summed E-state index contributed by atoms with van der Waals surface area (Å²) in [5, 5.41) is 2.89. The Morgan fingerprint density at radius 1 is 1.03 bits per heavy atom. The van der Waals surface area contributed by atoms with Crippen LogP contribution in [-0.4, -0.2) is 81.7 Å². The van der Waals surface area contributed by atoms with Crippen LogP contribution in [0, 0.1) is 0 Å². The Morgan fingerprint density at radius 2 is 1.62 bits per heavy atom. The zero-order valence-electron chi connectivity index (χ0n) is 17.9. The zero-order chi connectivity index (χ0) is 21.4. The Bertz CT molecular complexity index is 715. The highest BCUT2D eigenvalue weighted by Gasteiger charge is 2.21. The van der Waals surface area contributed by atoms with Crippen molar-refractivity contribution in [2.75, 3.05) is 54.1 Å². The van der Waals surface area contributed by atoms with E-state index in [-0.39, 0.29) is 17.9 Å². The van der Waals surface area contributed by atoms with Crippen molar-refractivity contribution < 1.29 is 23.8 Å². The van der Waals surface area contributed by atoms with Gasteiger partial charge < -0.3 is 24.4 Å². The van der Waals surface area contributed by atoms with E-state index in [1.54, 1.807) is 50.5 Å². The van der Waals surface area contributed by atoms with Crippen LogP contribution in [0.2, 0.25) is 0 Å². The van der Waals surface area contributed by atoms with Crippen LogP contribution >= 0.6 is 0 Å². The second-order valence-electron chi connectivity index (χ2n) is 7.12. The molecule has 1 aliphatic heterocycles. The Balaban J connectivity index is 1.94. The Kier molecular flexibility index (Phi) is 8.33. The van der Waals surface area contributed by atoms with Crippen molar-refractivity contribution in [3.05, 3.63) is 23.8 Å². The van der Waals surface area contributed by atoms with Gasteiger partial charge in [-0.25, -0.2) is 0 Å². The number of carbonyl (C=O) groups is 2. The van der Waals surface area contributed by atoms with Crippen LogP contribution in [0.4, 0.5) is 0 Å². The van der Waals surface area contributed by atoms with Gasteiger partial charge in [0.25, 0.3) is 0 Å². The molecule has 0 unspecified atom stereocenters. The fraction of sp³-hybridized carbons (Fsp3) is 0.524. The Morgan fingerprint density at radius 3 is 2.10 bits per heavy atom. The molecule has 1 heterocycles. The van der Waals surface area contributed by atoms with Gasteiger partial charge in [-0.2, -0.15) is 0 Å². The average molecular weight is 405 g/mol. The van der Waals surface area contributed by atoms with Gasteiger partial charge in [-0.1, -0.05) is 0 Å². The number of nitrogens with zero attached hydrogens (tertiary/aromatic N) is 2. The van der Waals surface area contributed by atoms with E-state index in [0.717, 1.165) is 5.56 Å². The molecule has 160 valence electrons. The van der Waals surface area contributed by atoms with Crippen molar-refractivity contribution in [3.8, 4) is 17.2 Å². The van der Waals surface area contributed by atoms with E-state index < -0.39 is 0 Å². The van der Waals surface area contributed by atoms with Crippen LogP contribution in [0.5, 0.6) is 17.2 Å². The molecule has 0 atom stereocenters. The second-order valence-corrected chi connectivity index (χ2v) is 7.12. The summed E-state index contributed by atoms with van der Waals surface area (Å²) in [5.74, 6) is 1.53. The molecule has 0 aromatic heterocycles. The number of piperazine rings is 1. The van der Waals surface area contributed by atoms with E-state index in [4.69, 9.17) is 14.2 Å². The summed E-state index contributed by atoms with van der Waals surface area (Å²) < 4.78 is 16.0. The smallest absolute Gasteiger partial charge is 0.246 e. The van der Waals surface area contributed by atoms with Gasteiger partial charge in [-0.05, 0) is 37.6 Å². The molecular formula is C21H31N3O5. The first-order chi connectivity index (χ1) is 13.9. The van der Waals surface area contributed by atoms with Crippen molar-refractivity contribution >= 4 is 17.9 Å². The van der Waals surface area contributed by atoms with Gasteiger partial charge >= 0.3 is 0 Å². The lowest BCUT2D eigenvalue weighted by Gasteiger charge is -2.33. The molecule has 29 heavy (non-hydrogen) atoms.